The normalized spacial score (nSPS) is 16.7. The zero-order valence-electron chi connectivity index (χ0n) is 16.4. The number of likely N-dealkylation sites (N-methyl/N-ethyl adjacent to an activating group) is 2. The lowest BCUT2D eigenvalue weighted by Crippen LogP contribution is -2.38. The number of carbonyl (C=O) groups excluding carboxylic acids is 3. The molecule has 2 aromatic rings. The van der Waals surface area contributed by atoms with Crippen molar-refractivity contribution in [2.45, 2.75) is 32.7 Å². The summed E-state index contributed by atoms with van der Waals surface area (Å²) >= 11 is 2.85. The number of thiazole rings is 1. The van der Waals surface area contributed by atoms with Crippen molar-refractivity contribution in [1.82, 2.24) is 14.8 Å². The van der Waals surface area contributed by atoms with Gasteiger partial charge in [0.2, 0.25) is 11.8 Å². The average Bonchev–Trinajstić information content (AvgIpc) is 3.26. The molecule has 0 atom stereocenters. The number of nitrogens with two attached hydrogens (primary N) is 1. The summed E-state index contributed by atoms with van der Waals surface area (Å²) in [7, 11) is 1.66. The van der Waals surface area contributed by atoms with E-state index in [0.717, 1.165) is 21.1 Å². The predicted octanol–water partition coefficient (Wildman–Crippen LogP) is 1.74. The fraction of sp³-hybridized carbons (Fsp3) is 0.474. The van der Waals surface area contributed by atoms with E-state index in [4.69, 9.17) is 5.73 Å². The summed E-state index contributed by atoms with van der Waals surface area (Å²) < 4.78 is 0. The number of amides is 3. The van der Waals surface area contributed by atoms with Gasteiger partial charge in [-0.25, -0.2) is 4.98 Å². The Labute approximate surface area is 176 Å². The molecule has 2 aliphatic rings. The third-order valence-corrected chi connectivity index (χ3v) is 7.31. The first-order valence-electron chi connectivity index (χ1n) is 9.57. The second-order valence-corrected chi connectivity index (χ2v) is 9.20. The van der Waals surface area contributed by atoms with E-state index in [0.29, 0.717) is 49.6 Å². The lowest BCUT2D eigenvalue weighted by atomic mass is 10.0. The van der Waals surface area contributed by atoms with Gasteiger partial charge < -0.3 is 20.4 Å². The number of carbonyl (C=O) groups is 3. The van der Waals surface area contributed by atoms with Gasteiger partial charge in [0.1, 0.15) is 11.5 Å². The molecule has 29 heavy (non-hydrogen) atoms. The van der Waals surface area contributed by atoms with Crippen LogP contribution < -0.4 is 10.6 Å². The second-order valence-electron chi connectivity index (χ2n) is 7.23. The van der Waals surface area contributed by atoms with Gasteiger partial charge in [-0.3, -0.25) is 14.4 Å². The molecule has 0 aliphatic carbocycles. The van der Waals surface area contributed by atoms with E-state index < -0.39 is 0 Å². The molecule has 0 fully saturated rings. The molecule has 0 saturated heterocycles. The van der Waals surface area contributed by atoms with Crippen molar-refractivity contribution >= 4 is 50.5 Å². The highest BCUT2D eigenvalue weighted by Gasteiger charge is 2.36. The van der Waals surface area contributed by atoms with Gasteiger partial charge >= 0.3 is 0 Å². The molecule has 4 rings (SSSR count). The maximum atomic E-state index is 12.9. The number of nitrogen functional groups attached to an aromatic ring is 1. The molecular formula is C19H23N5O3S2. The van der Waals surface area contributed by atoms with E-state index in [2.05, 4.69) is 4.98 Å². The molecule has 0 spiro atoms. The number of thiophene rings is 1. The van der Waals surface area contributed by atoms with Gasteiger partial charge in [0, 0.05) is 36.8 Å². The molecule has 0 aromatic carbocycles. The van der Waals surface area contributed by atoms with Gasteiger partial charge in [-0.05, 0) is 25.3 Å². The smallest absolute Gasteiger partial charge is 0.257 e. The summed E-state index contributed by atoms with van der Waals surface area (Å²) in [5.74, 6) is -0.114. The van der Waals surface area contributed by atoms with Crippen LogP contribution in [0.5, 0.6) is 0 Å². The van der Waals surface area contributed by atoms with E-state index in [1.807, 2.05) is 17.2 Å². The van der Waals surface area contributed by atoms with E-state index >= 15 is 0 Å². The number of aryl methyl sites for hydroxylation is 1. The van der Waals surface area contributed by atoms with Crippen molar-refractivity contribution in [3.63, 3.8) is 0 Å². The van der Waals surface area contributed by atoms with Crippen LogP contribution in [0.2, 0.25) is 0 Å². The molecule has 154 valence electrons. The van der Waals surface area contributed by atoms with Gasteiger partial charge in [0.05, 0.1) is 17.8 Å². The SMILES string of the molecule is CCN1C(=O)CN(C)C(=O)c2c1sc1c2CCN(C(=O)CCc2csc(N)n2)C1. The van der Waals surface area contributed by atoms with E-state index in [1.165, 1.54) is 27.6 Å². The quantitative estimate of drug-likeness (QED) is 0.792. The molecule has 2 aromatic heterocycles. The van der Waals surface area contributed by atoms with Gasteiger partial charge in [-0.1, -0.05) is 0 Å². The van der Waals surface area contributed by atoms with Gasteiger partial charge in [-0.2, -0.15) is 0 Å². The first-order chi connectivity index (χ1) is 13.9. The Morgan fingerprint density at radius 3 is 2.79 bits per heavy atom. The minimum Gasteiger partial charge on any atom is -0.375 e. The molecule has 8 nitrogen and oxygen atoms in total. The summed E-state index contributed by atoms with van der Waals surface area (Å²) in [6.45, 7) is 3.58. The first kappa shape index (κ1) is 19.8. The monoisotopic (exact) mass is 433 g/mol. The van der Waals surface area contributed by atoms with E-state index in [-0.39, 0.29) is 24.3 Å². The third kappa shape index (κ3) is 3.62. The molecule has 0 bridgehead atoms. The molecule has 2 aliphatic heterocycles. The molecule has 0 saturated carbocycles. The van der Waals surface area contributed by atoms with Crippen LogP contribution in [0.3, 0.4) is 0 Å². The molecule has 4 heterocycles. The van der Waals surface area contributed by atoms with Crippen molar-refractivity contribution in [1.29, 1.82) is 0 Å². The number of anilines is 2. The number of rotatable bonds is 4. The van der Waals surface area contributed by atoms with Crippen LogP contribution in [-0.4, -0.2) is 59.2 Å². The van der Waals surface area contributed by atoms with Crippen LogP contribution in [0.4, 0.5) is 10.1 Å². The fourth-order valence-electron chi connectivity index (χ4n) is 3.83. The Morgan fingerprint density at radius 1 is 1.31 bits per heavy atom. The highest BCUT2D eigenvalue weighted by Crippen LogP contribution is 2.41. The van der Waals surface area contributed by atoms with Crippen molar-refractivity contribution in [3.8, 4) is 0 Å². The summed E-state index contributed by atoms with van der Waals surface area (Å²) in [6.07, 6.45) is 1.57. The third-order valence-electron chi connectivity index (χ3n) is 5.35. The molecule has 2 N–H and O–H groups in total. The summed E-state index contributed by atoms with van der Waals surface area (Å²) in [6, 6.07) is 0. The Bertz CT molecular complexity index is 983. The van der Waals surface area contributed by atoms with Crippen LogP contribution in [-0.2, 0) is 29.0 Å². The Hall–Kier alpha value is -2.46. The number of fused-ring (bicyclic) bond motifs is 3. The maximum Gasteiger partial charge on any atom is 0.257 e. The molecule has 0 unspecified atom stereocenters. The largest absolute Gasteiger partial charge is 0.375 e. The number of nitrogens with zero attached hydrogens (tertiary/aromatic N) is 4. The van der Waals surface area contributed by atoms with Crippen molar-refractivity contribution in [2.75, 3.05) is 37.3 Å². The topological polar surface area (TPSA) is 99.8 Å². The molecule has 0 radical (unpaired) electrons. The number of hydrogen-bond donors (Lipinski definition) is 1. The maximum absolute atomic E-state index is 12.9. The summed E-state index contributed by atoms with van der Waals surface area (Å²) in [5.41, 5.74) is 8.12. The van der Waals surface area contributed by atoms with Crippen molar-refractivity contribution in [3.05, 3.63) is 27.1 Å². The Morgan fingerprint density at radius 2 is 2.10 bits per heavy atom. The van der Waals surface area contributed by atoms with Crippen LogP contribution in [0.15, 0.2) is 5.38 Å². The lowest BCUT2D eigenvalue weighted by Gasteiger charge is -2.27. The van der Waals surface area contributed by atoms with Crippen molar-refractivity contribution < 1.29 is 14.4 Å². The van der Waals surface area contributed by atoms with E-state index in [1.54, 1.807) is 11.9 Å². The van der Waals surface area contributed by atoms with Gasteiger partial charge in [0.25, 0.3) is 5.91 Å². The van der Waals surface area contributed by atoms with Crippen molar-refractivity contribution in [2.24, 2.45) is 0 Å². The second kappa shape index (κ2) is 7.75. The number of hydrogen-bond acceptors (Lipinski definition) is 7. The van der Waals surface area contributed by atoms with Gasteiger partial charge in [-0.15, -0.1) is 22.7 Å². The Kier molecular flexibility index (Phi) is 5.30. The minimum absolute atomic E-state index is 0.0673. The minimum atomic E-state index is -0.109. The fourth-order valence-corrected chi connectivity index (χ4v) is 5.86. The zero-order valence-corrected chi connectivity index (χ0v) is 18.1. The number of aromatic nitrogens is 1. The van der Waals surface area contributed by atoms with E-state index in [9.17, 15) is 14.4 Å². The standard InChI is InChI=1S/C19H23N5O3S2/c1-3-24-15(26)9-22(2)17(27)16-12-6-7-23(8-13(12)29-18(16)24)14(25)5-4-11-10-28-19(20)21-11/h10H,3-9H2,1-2H3,(H2,20,21). The highest BCUT2D eigenvalue weighted by atomic mass is 32.1. The molecule has 3 amide bonds. The lowest BCUT2D eigenvalue weighted by molar-refractivity contribution is -0.132. The average molecular weight is 434 g/mol. The molecular weight excluding hydrogens is 410 g/mol. The van der Waals surface area contributed by atoms with Crippen LogP contribution in [0.25, 0.3) is 0 Å². The summed E-state index contributed by atoms with van der Waals surface area (Å²) in [4.78, 5) is 48.4. The first-order valence-corrected chi connectivity index (χ1v) is 11.3. The van der Waals surface area contributed by atoms with Crippen LogP contribution in [0, 0.1) is 0 Å². The van der Waals surface area contributed by atoms with Crippen LogP contribution in [0.1, 0.15) is 39.8 Å². The predicted molar refractivity (Wildman–Crippen MR) is 113 cm³/mol. The van der Waals surface area contributed by atoms with Gasteiger partial charge in [0.15, 0.2) is 5.13 Å². The zero-order chi connectivity index (χ0) is 20.7. The Balaban J connectivity index is 1.54. The summed E-state index contributed by atoms with van der Waals surface area (Å²) in [5, 5.41) is 3.12. The molecule has 10 heteroatoms. The highest BCUT2D eigenvalue weighted by molar-refractivity contribution is 7.17. The van der Waals surface area contributed by atoms with Crippen LogP contribution >= 0.6 is 22.7 Å².